The van der Waals surface area contributed by atoms with Gasteiger partial charge in [0.15, 0.2) is 5.54 Å². The van der Waals surface area contributed by atoms with Crippen LogP contribution in [0.15, 0.2) is 30.3 Å². The maximum atomic E-state index is 5.45. The van der Waals surface area contributed by atoms with Gasteiger partial charge in [0.25, 0.3) is 0 Å². The molecule has 1 aromatic carbocycles. The normalized spacial score (nSPS) is 11.4. The molecule has 0 atom stereocenters. The van der Waals surface area contributed by atoms with Crippen molar-refractivity contribution in [2.45, 2.75) is 74.4 Å². The van der Waals surface area contributed by atoms with E-state index in [9.17, 15) is 0 Å². The summed E-state index contributed by atoms with van der Waals surface area (Å²) in [6, 6.07) is 10.6. The largest absolute Gasteiger partial charge is 0.316 e. The van der Waals surface area contributed by atoms with E-state index in [1.807, 2.05) is 0 Å². The molecule has 0 fully saturated rings. The van der Waals surface area contributed by atoms with Gasteiger partial charge < -0.3 is 17.9 Å². The van der Waals surface area contributed by atoms with Gasteiger partial charge in [-0.05, 0) is 72.1 Å². The molecule has 0 aliphatic heterocycles. The number of hydrogen-bond acceptors (Lipinski definition) is 0. The van der Waals surface area contributed by atoms with E-state index in [1.54, 1.807) is 0 Å². The van der Waals surface area contributed by atoms with Crippen LogP contribution in [0.4, 0.5) is 0 Å². The number of hydrogen-bond donors (Lipinski definition) is 0. The number of nitrogens with zero attached hydrogens (tertiary/aromatic N) is 4. The van der Waals surface area contributed by atoms with E-state index in [2.05, 4.69) is 145 Å². The molecule has 0 saturated carbocycles. The highest BCUT2D eigenvalue weighted by atomic mass is 15.3. The molecule has 4 heteroatoms. The van der Waals surface area contributed by atoms with Crippen molar-refractivity contribution in [2.75, 3.05) is 93.6 Å². The summed E-state index contributed by atoms with van der Waals surface area (Å²) in [6.07, 6.45) is 21.3. The Balaban J connectivity index is -0.000000512. The van der Waals surface area contributed by atoms with E-state index in [0.29, 0.717) is 0 Å². The van der Waals surface area contributed by atoms with Crippen LogP contribution in [0.25, 0.3) is 0 Å². The zero-order chi connectivity index (χ0) is 34.2. The Morgan fingerprint density at radius 1 is 0.558 bits per heavy atom. The first kappa shape index (κ1) is 44.7. The molecule has 0 saturated heterocycles. The summed E-state index contributed by atoms with van der Waals surface area (Å²) in [7, 11) is 8.47. The number of terminal acetylenes is 4. The van der Waals surface area contributed by atoms with Crippen molar-refractivity contribution in [3.8, 4) is 49.4 Å². The highest BCUT2D eigenvalue weighted by Crippen LogP contribution is 2.15. The van der Waals surface area contributed by atoms with Gasteiger partial charge >= 0.3 is 0 Å². The molecule has 0 spiro atoms. The fourth-order valence-electron chi connectivity index (χ4n) is 3.95. The number of quaternary nitrogens is 4. The SMILES string of the molecule is C#CC(C)(C)[N+](C)(C)C.C#CC[N+](C)(CC)CC.C#CC[N+](CC)(CC)CC.C#CC[N+](CC)(CC)Cc1ccccc1. The maximum Gasteiger partial charge on any atom is 0.154 e. The van der Waals surface area contributed by atoms with Crippen LogP contribution in [0, 0.1) is 49.4 Å². The Hall–Kier alpha value is -2.70. The summed E-state index contributed by atoms with van der Waals surface area (Å²) >= 11 is 0. The van der Waals surface area contributed by atoms with E-state index in [1.165, 1.54) is 5.56 Å². The predicted octanol–water partition coefficient (Wildman–Crippen LogP) is 6.38. The van der Waals surface area contributed by atoms with Crippen LogP contribution in [0.5, 0.6) is 0 Å². The van der Waals surface area contributed by atoms with Gasteiger partial charge in [-0.25, -0.2) is 0 Å². The molecule has 1 rings (SSSR count). The van der Waals surface area contributed by atoms with Gasteiger partial charge in [-0.3, -0.25) is 0 Å². The van der Waals surface area contributed by atoms with Crippen LogP contribution < -0.4 is 0 Å². The van der Waals surface area contributed by atoms with Crippen LogP contribution in [0.1, 0.15) is 67.9 Å². The molecule has 242 valence electrons. The van der Waals surface area contributed by atoms with Crippen molar-refractivity contribution in [1.82, 2.24) is 0 Å². The highest BCUT2D eigenvalue weighted by molar-refractivity contribution is 5.13. The summed E-state index contributed by atoms with van der Waals surface area (Å²) in [4.78, 5) is 0. The molecule has 43 heavy (non-hydrogen) atoms. The zero-order valence-corrected chi connectivity index (χ0v) is 30.8. The van der Waals surface area contributed by atoms with Crippen molar-refractivity contribution in [1.29, 1.82) is 0 Å². The first-order chi connectivity index (χ1) is 20.0. The lowest BCUT2D eigenvalue weighted by atomic mass is 10.0. The summed E-state index contributed by atoms with van der Waals surface area (Å²) in [5, 5.41) is 0. The Kier molecular flexibility index (Phi) is 23.7. The third-order valence-corrected chi connectivity index (χ3v) is 9.60. The molecule has 0 N–H and O–H groups in total. The first-order valence-corrected chi connectivity index (χ1v) is 16.2. The summed E-state index contributed by atoms with van der Waals surface area (Å²) in [5.74, 6) is 11.0. The average Bonchev–Trinajstić information content (AvgIpc) is 3.00. The van der Waals surface area contributed by atoms with Crippen molar-refractivity contribution in [2.24, 2.45) is 0 Å². The molecule has 0 aliphatic rings. The van der Waals surface area contributed by atoms with Crippen molar-refractivity contribution < 1.29 is 17.9 Å². The van der Waals surface area contributed by atoms with Crippen molar-refractivity contribution in [3.63, 3.8) is 0 Å². The van der Waals surface area contributed by atoms with E-state index in [-0.39, 0.29) is 5.54 Å². The standard InChI is InChI=1S/C14H20N.C9H18N.2C8H16N/c1-4-12-15(5-2,6-3)13-14-10-8-7-9-11-14;1-5-9-10(6-2,7-3)8-4;1-7-8(2,3)9(4,5)6;1-5-8-9(4,6-2)7-3/h1,7-11H,5-6,12-13H2,2-3H3;1H,6-9H2,2-4H3;1H,2-6H3;1H,6-8H2,2-4H3/q4*+1. The zero-order valence-electron chi connectivity index (χ0n) is 30.8. The van der Waals surface area contributed by atoms with E-state index < -0.39 is 0 Å². The van der Waals surface area contributed by atoms with E-state index in [4.69, 9.17) is 25.7 Å². The third kappa shape index (κ3) is 17.9. The van der Waals surface area contributed by atoms with Crippen molar-refractivity contribution in [3.05, 3.63) is 35.9 Å². The smallest absolute Gasteiger partial charge is 0.154 e. The van der Waals surface area contributed by atoms with Crippen molar-refractivity contribution >= 4 is 0 Å². The van der Waals surface area contributed by atoms with Gasteiger partial charge in [-0.15, -0.1) is 25.7 Å². The molecule has 0 unspecified atom stereocenters. The molecule has 0 aromatic heterocycles. The van der Waals surface area contributed by atoms with Gasteiger partial charge in [0, 0.05) is 19.4 Å². The van der Waals surface area contributed by atoms with Crippen LogP contribution in [0.2, 0.25) is 0 Å². The van der Waals surface area contributed by atoms with Gasteiger partial charge in [-0.2, -0.15) is 0 Å². The van der Waals surface area contributed by atoms with E-state index in [0.717, 1.165) is 89.9 Å². The van der Waals surface area contributed by atoms with Crippen LogP contribution >= 0.6 is 0 Å². The minimum Gasteiger partial charge on any atom is -0.316 e. The second kappa shape index (κ2) is 22.8. The van der Waals surface area contributed by atoms with Crippen LogP contribution in [-0.4, -0.2) is 117 Å². The van der Waals surface area contributed by atoms with Gasteiger partial charge in [0.2, 0.25) is 0 Å². The highest BCUT2D eigenvalue weighted by Gasteiger charge is 2.29. The molecular formula is C39H70N4+4. The third-order valence-electron chi connectivity index (χ3n) is 9.60. The molecule has 0 aliphatic carbocycles. The molecule has 0 amide bonds. The topological polar surface area (TPSA) is 0 Å². The predicted molar refractivity (Wildman–Crippen MR) is 193 cm³/mol. The van der Waals surface area contributed by atoms with Crippen LogP contribution in [0.3, 0.4) is 0 Å². The number of benzene rings is 1. The summed E-state index contributed by atoms with van der Waals surface area (Å²) < 4.78 is 3.86. The fraction of sp³-hybridized carbons (Fsp3) is 0.641. The Morgan fingerprint density at radius 2 is 0.930 bits per heavy atom. The number of rotatable bonds is 13. The Bertz CT molecular complexity index is 983. The summed E-state index contributed by atoms with van der Waals surface area (Å²) in [5.41, 5.74) is 1.32. The lowest BCUT2D eigenvalue weighted by Crippen LogP contribution is -2.51. The van der Waals surface area contributed by atoms with Gasteiger partial charge in [-0.1, -0.05) is 30.3 Å². The minimum atomic E-state index is -0.0556. The monoisotopic (exact) mass is 595 g/mol. The molecular weight excluding hydrogens is 524 g/mol. The van der Waals surface area contributed by atoms with E-state index >= 15 is 0 Å². The molecule has 4 nitrogen and oxygen atoms in total. The molecule has 0 radical (unpaired) electrons. The quantitative estimate of drug-likeness (QED) is 0.184. The Morgan fingerprint density at radius 3 is 1.14 bits per heavy atom. The summed E-state index contributed by atoms with van der Waals surface area (Å²) in [6.45, 7) is 31.0. The van der Waals surface area contributed by atoms with Gasteiger partial charge in [0.05, 0.1) is 74.0 Å². The lowest BCUT2D eigenvalue weighted by Gasteiger charge is -2.37. The maximum absolute atomic E-state index is 5.45. The second-order valence-corrected chi connectivity index (χ2v) is 13.0. The minimum absolute atomic E-state index is 0.0556. The molecule has 1 aromatic rings. The average molecular weight is 595 g/mol. The first-order valence-electron chi connectivity index (χ1n) is 16.2. The lowest BCUT2D eigenvalue weighted by molar-refractivity contribution is -0.931. The molecule has 0 bridgehead atoms. The van der Waals surface area contributed by atoms with Gasteiger partial charge in [0.1, 0.15) is 26.2 Å². The second-order valence-electron chi connectivity index (χ2n) is 13.0. The molecule has 0 heterocycles. The fourth-order valence-corrected chi connectivity index (χ4v) is 3.95. The van der Waals surface area contributed by atoms with Crippen LogP contribution in [-0.2, 0) is 6.54 Å². The Labute approximate surface area is 270 Å².